The van der Waals surface area contributed by atoms with Crippen LogP contribution in [-0.2, 0) is 10.4 Å². The van der Waals surface area contributed by atoms with Crippen LogP contribution in [0.2, 0.25) is 0 Å². The van der Waals surface area contributed by atoms with E-state index in [0.717, 1.165) is 0 Å². The van der Waals surface area contributed by atoms with Gasteiger partial charge in [-0.3, -0.25) is 9.11 Å². The summed E-state index contributed by atoms with van der Waals surface area (Å²) in [5.74, 6) is 0. The number of hydrogen-bond donors (Lipinski definition) is 2. The fourth-order valence-corrected chi connectivity index (χ4v) is 0. The zero-order valence-corrected chi connectivity index (χ0v) is 7.67. The topological polar surface area (TPSA) is 264 Å². The Bertz CT molecular complexity index is 93.0. The minimum atomic E-state index is -4.67. The van der Waals surface area contributed by atoms with Crippen LogP contribution in [0, 0.1) is 0 Å². The third-order valence-electron chi connectivity index (χ3n) is 0. The third kappa shape index (κ3) is 32300. The molecular formula is H14AlO10S. The smallest absolute Gasteiger partial charge is 0.394 e. The summed E-state index contributed by atoms with van der Waals surface area (Å²) in [5.41, 5.74) is 0. The van der Waals surface area contributed by atoms with Crippen molar-refractivity contribution in [3.05, 3.63) is 0 Å². The second-order valence-electron chi connectivity index (χ2n) is 0.448. The van der Waals surface area contributed by atoms with Gasteiger partial charge in [-0.05, 0) is 0 Å². The molecule has 0 aromatic heterocycles. The summed E-state index contributed by atoms with van der Waals surface area (Å²) in [6, 6.07) is 0. The summed E-state index contributed by atoms with van der Waals surface area (Å²) >= 11 is 0. The molecule has 83 valence electrons. The van der Waals surface area contributed by atoms with E-state index in [-0.39, 0.29) is 50.2 Å². The maximum absolute atomic E-state index is 8.74. The van der Waals surface area contributed by atoms with Crippen LogP contribution in [0.5, 0.6) is 0 Å². The summed E-state index contributed by atoms with van der Waals surface area (Å²) in [6.07, 6.45) is 0. The van der Waals surface area contributed by atoms with Crippen LogP contribution in [0.4, 0.5) is 0 Å². The van der Waals surface area contributed by atoms with Crippen LogP contribution in [0.15, 0.2) is 0 Å². The SMILES string of the molecule is O.O.O.O.O.O.O=S(=O)(O)O.[Al]. The first kappa shape index (κ1) is 87.5. The molecule has 0 saturated heterocycles. The molecule has 0 aromatic rings. The lowest BCUT2D eigenvalue weighted by atomic mass is 15.8. The first-order valence-corrected chi connectivity index (χ1v) is 2.10. The van der Waals surface area contributed by atoms with Gasteiger partial charge in [0.15, 0.2) is 0 Å². The van der Waals surface area contributed by atoms with Crippen LogP contribution in [-0.4, -0.2) is 67.7 Å². The predicted octanol–water partition coefficient (Wildman–Crippen LogP) is -5.98. The van der Waals surface area contributed by atoms with Crippen molar-refractivity contribution in [2.45, 2.75) is 0 Å². The van der Waals surface area contributed by atoms with Crippen molar-refractivity contribution in [2.75, 3.05) is 0 Å². The molecule has 0 saturated carbocycles. The predicted molar refractivity (Wildman–Crippen MR) is 41.6 cm³/mol. The van der Waals surface area contributed by atoms with Crippen molar-refractivity contribution in [3.8, 4) is 0 Å². The van der Waals surface area contributed by atoms with Crippen LogP contribution in [0.1, 0.15) is 0 Å². The highest BCUT2D eigenvalue weighted by molar-refractivity contribution is 7.79. The standard InChI is InChI=1S/Al.H2O4S.6H2O/c;1-5(2,3)4;;;;;;/h;(H2,1,2,3,4);6*1H2. The molecule has 0 unspecified atom stereocenters. The van der Waals surface area contributed by atoms with Crippen molar-refractivity contribution < 1.29 is 50.4 Å². The molecule has 12 heteroatoms. The van der Waals surface area contributed by atoms with Gasteiger partial charge in [0.05, 0.1) is 0 Å². The van der Waals surface area contributed by atoms with E-state index in [1.54, 1.807) is 0 Å². The van der Waals surface area contributed by atoms with Gasteiger partial charge >= 0.3 is 10.4 Å². The van der Waals surface area contributed by atoms with E-state index in [1.165, 1.54) is 0 Å². The average Bonchev–Trinajstić information content (AvgIpc) is 0.722. The molecule has 0 atom stereocenters. The van der Waals surface area contributed by atoms with Gasteiger partial charge in [-0.2, -0.15) is 8.42 Å². The van der Waals surface area contributed by atoms with Gasteiger partial charge in [0.25, 0.3) is 0 Å². The summed E-state index contributed by atoms with van der Waals surface area (Å²) in [7, 11) is -4.67. The van der Waals surface area contributed by atoms with Crippen LogP contribution in [0.3, 0.4) is 0 Å². The Morgan fingerprint density at radius 1 is 0.667 bits per heavy atom. The third-order valence-corrected chi connectivity index (χ3v) is 0. The lowest BCUT2D eigenvalue weighted by Crippen LogP contribution is -1.89. The van der Waals surface area contributed by atoms with E-state index in [1.807, 2.05) is 0 Å². The first-order valence-electron chi connectivity index (χ1n) is 0.698. The first-order chi connectivity index (χ1) is 2.00. The quantitative estimate of drug-likeness (QED) is 0.305. The largest absolute Gasteiger partial charge is 0.412 e. The van der Waals surface area contributed by atoms with Gasteiger partial charge in [0, 0.05) is 17.4 Å². The minimum Gasteiger partial charge on any atom is -0.412 e. The van der Waals surface area contributed by atoms with Gasteiger partial charge in [0.2, 0.25) is 0 Å². The molecule has 10 nitrogen and oxygen atoms in total. The van der Waals surface area contributed by atoms with Crippen molar-refractivity contribution in [1.29, 1.82) is 0 Å². The molecule has 0 aliphatic carbocycles. The van der Waals surface area contributed by atoms with E-state index in [4.69, 9.17) is 17.5 Å². The van der Waals surface area contributed by atoms with Gasteiger partial charge in [-0.25, -0.2) is 0 Å². The highest BCUT2D eigenvalue weighted by Gasteiger charge is 1.84. The number of rotatable bonds is 0. The van der Waals surface area contributed by atoms with Crippen molar-refractivity contribution in [2.24, 2.45) is 0 Å². The zero-order valence-electron chi connectivity index (χ0n) is 5.70. The summed E-state index contributed by atoms with van der Waals surface area (Å²) in [6.45, 7) is 0. The Kier molecular flexibility index (Phi) is 221. The lowest BCUT2D eigenvalue weighted by Gasteiger charge is -1.68. The fourth-order valence-electron chi connectivity index (χ4n) is 0. The molecule has 0 rings (SSSR count). The molecule has 0 bridgehead atoms. The van der Waals surface area contributed by atoms with E-state index in [9.17, 15) is 0 Å². The monoisotopic (exact) mass is 233 g/mol. The average molecular weight is 233 g/mol. The molecule has 0 heterocycles. The molecule has 0 aliphatic rings. The second-order valence-corrected chi connectivity index (χ2v) is 1.34. The van der Waals surface area contributed by atoms with Crippen molar-refractivity contribution >= 4 is 27.8 Å². The van der Waals surface area contributed by atoms with Crippen LogP contribution >= 0.6 is 0 Å². The summed E-state index contributed by atoms with van der Waals surface area (Å²) in [5, 5.41) is 0. The maximum atomic E-state index is 8.74. The lowest BCUT2D eigenvalue weighted by molar-refractivity contribution is 0.381. The maximum Gasteiger partial charge on any atom is 0.394 e. The second kappa shape index (κ2) is 30.4. The zero-order chi connectivity index (χ0) is 4.50. The van der Waals surface area contributed by atoms with E-state index < -0.39 is 10.4 Å². The van der Waals surface area contributed by atoms with Gasteiger partial charge in [-0.1, -0.05) is 0 Å². The van der Waals surface area contributed by atoms with Gasteiger partial charge < -0.3 is 32.9 Å². The van der Waals surface area contributed by atoms with Crippen LogP contribution < -0.4 is 0 Å². The molecule has 0 aromatic carbocycles. The van der Waals surface area contributed by atoms with Crippen molar-refractivity contribution in [1.82, 2.24) is 0 Å². The molecule has 3 radical (unpaired) electrons. The Morgan fingerprint density at radius 3 is 0.667 bits per heavy atom. The molecule has 0 fully saturated rings. The Hall–Kier alpha value is 0.162. The molecule has 14 N–H and O–H groups in total. The van der Waals surface area contributed by atoms with E-state index in [2.05, 4.69) is 0 Å². The normalized spacial score (nSPS) is 4.83. The summed E-state index contributed by atoms with van der Waals surface area (Å²) in [4.78, 5) is 0. The fraction of sp³-hybridized carbons (Fsp3) is 0. The van der Waals surface area contributed by atoms with E-state index >= 15 is 0 Å². The highest BCUT2D eigenvalue weighted by atomic mass is 32.3. The molecule has 0 amide bonds. The molecule has 0 aliphatic heterocycles. The molecule has 12 heavy (non-hydrogen) atoms. The Balaban J connectivity index is -0.00000000381. The van der Waals surface area contributed by atoms with Gasteiger partial charge in [-0.15, -0.1) is 0 Å². The highest BCUT2D eigenvalue weighted by Crippen LogP contribution is 1.59. The van der Waals surface area contributed by atoms with Gasteiger partial charge in [0.1, 0.15) is 0 Å². The Morgan fingerprint density at radius 2 is 0.667 bits per heavy atom. The molecular weight excluding hydrogens is 219 g/mol. The molecule has 0 spiro atoms. The number of hydrogen-bond acceptors (Lipinski definition) is 2. The van der Waals surface area contributed by atoms with Crippen LogP contribution in [0.25, 0.3) is 0 Å². The Labute approximate surface area is 78.8 Å². The minimum absolute atomic E-state index is 0. The van der Waals surface area contributed by atoms with Crippen molar-refractivity contribution in [3.63, 3.8) is 0 Å². The van der Waals surface area contributed by atoms with E-state index in [0.29, 0.717) is 0 Å². The summed E-state index contributed by atoms with van der Waals surface area (Å²) < 4.78 is 31.6.